The highest BCUT2D eigenvalue weighted by molar-refractivity contribution is 5.33. The Kier molecular flexibility index (Phi) is 8.12. The van der Waals surface area contributed by atoms with Gasteiger partial charge < -0.3 is 26.8 Å². The molecule has 0 spiro atoms. The molecule has 2 rings (SSSR count). The van der Waals surface area contributed by atoms with Crippen molar-refractivity contribution < 1.29 is 31.3 Å². The summed E-state index contributed by atoms with van der Waals surface area (Å²) in [6.07, 6.45) is 0. The summed E-state index contributed by atoms with van der Waals surface area (Å²) in [4.78, 5) is 0. The Morgan fingerprint density at radius 1 is 1.00 bits per heavy atom. The molecule has 0 aliphatic carbocycles. The van der Waals surface area contributed by atoms with Crippen LogP contribution in [-0.2, 0) is 4.74 Å². The number of hydrogen-bond acceptors (Lipinski definition) is 2. The van der Waals surface area contributed by atoms with Crippen LogP contribution in [0.4, 0.5) is 0 Å². The van der Waals surface area contributed by atoms with Crippen LogP contribution in [0.5, 0.6) is 0 Å². The first-order chi connectivity index (χ1) is 9.85. The van der Waals surface area contributed by atoms with E-state index in [9.17, 15) is 0 Å². The first-order valence-corrected chi connectivity index (χ1v) is 6.88. The molecule has 1 aromatic carbocycles. The van der Waals surface area contributed by atoms with Crippen molar-refractivity contribution in [1.29, 1.82) is 0 Å². The van der Waals surface area contributed by atoms with Crippen LogP contribution in [-0.4, -0.2) is 55.6 Å². The minimum Gasteiger partial charge on any atom is -1.00 e. The molecule has 1 aliphatic heterocycles. The summed E-state index contributed by atoms with van der Waals surface area (Å²) >= 11 is 0. The molecule has 1 aromatic rings. The molecule has 0 atom stereocenters. The van der Waals surface area contributed by atoms with Gasteiger partial charge in [0.1, 0.15) is 32.8 Å². The van der Waals surface area contributed by atoms with Gasteiger partial charge in [0.05, 0.1) is 13.2 Å². The summed E-state index contributed by atoms with van der Waals surface area (Å²) in [5.41, 5.74) is 1.04. The Hall–Kier alpha value is -1.30. The first kappa shape index (κ1) is 17.8. The smallest absolute Gasteiger partial charge is 0.142 e. The Morgan fingerprint density at radius 3 is 2.33 bits per heavy atom. The van der Waals surface area contributed by atoms with Crippen LogP contribution < -0.4 is 17.0 Å². The predicted molar refractivity (Wildman–Crippen MR) is 78.7 cm³/mol. The van der Waals surface area contributed by atoms with Gasteiger partial charge in [-0.25, -0.2) is 0 Å². The highest BCUT2D eigenvalue weighted by Crippen LogP contribution is 2.10. The average Bonchev–Trinajstić information content (AvgIpc) is 2.50. The Bertz CT molecular complexity index is 531. The van der Waals surface area contributed by atoms with Gasteiger partial charge in [0, 0.05) is 5.56 Å². The molecule has 0 unspecified atom stereocenters. The second kappa shape index (κ2) is 9.60. The van der Waals surface area contributed by atoms with E-state index >= 15 is 0 Å². The molecule has 112 valence electrons. The number of benzene rings is 1. The summed E-state index contributed by atoms with van der Waals surface area (Å²) in [6, 6.07) is 10.0. The lowest BCUT2D eigenvalue weighted by atomic mass is 10.2. The molecular weight excluding hydrogens is 330 g/mol. The Labute approximate surface area is 137 Å². The number of hydrogen-bond donors (Lipinski definition) is 1. The molecule has 0 aromatic heterocycles. The highest BCUT2D eigenvalue weighted by atomic mass is 79.9. The van der Waals surface area contributed by atoms with Crippen molar-refractivity contribution in [1.82, 2.24) is 0 Å². The van der Waals surface area contributed by atoms with Gasteiger partial charge >= 0.3 is 0 Å². The van der Waals surface area contributed by atoms with E-state index in [1.54, 1.807) is 0 Å². The van der Waals surface area contributed by atoms with Crippen LogP contribution in [0, 0.1) is 23.7 Å². The molecule has 21 heavy (non-hydrogen) atoms. The fourth-order valence-electron chi connectivity index (χ4n) is 2.21. The lowest BCUT2D eigenvalue weighted by molar-refractivity contribution is -0.922. The van der Waals surface area contributed by atoms with Crippen LogP contribution in [0.2, 0.25) is 0 Å². The summed E-state index contributed by atoms with van der Waals surface area (Å²) in [7, 11) is 0. The van der Waals surface area contributed by atoms with E-state index in [0.29, 0.717) is 0 Å². The van der Waals surface area contributed by atoms with Gasteiger partial charge in [-0.05, 0) is 24.0 Å². The van der Waals surface area contributed by atoms with Crippen molar-refractivity contribution in [3.63, 3.8) is 0 Å². The van der Waals surface area contributed by atoms with Crippen LogP contribution in [0.3, 0.4) is 0 Å². The second-order valence-electron chi connectivity index (χ2n) is 4.90. The molecular formula is C17H20BrNO2. The molecule has 1 saturated heterocycles. The molecule has 1 fully saturated rings. The summed E-state index contributed by atoms with van der Waals surface area (Å²) < 4.78 is 6.27. The summed E-state index contributed by atoms with van der Waals surface area (Å²) in [5, 5.41) is 8.77. The molecule has 1 N–H and O–H groups in total. The quantitative estimate of drug-likeness (QED) is 0.489. The SMILES string of the molecule is OCC#CC[N+]1(CC#Cc2ccccc2)CCOCC1.[Br-]. The van der Waals surface area contributed by atoms with Crippen molar-refractivity contribution in [2.45, 2.75) is 0 Å². The minimum absolute atomic E-state index is 0. The third kappa shape index (κ3) is 5.91. The standard InChI is InChI=1S/C17H20NO2.BrH/c19-14-5-4-10-18(12-15-20-16-13-18)11-6-9-17-7-2-1-3-8-17;/h1-3,7-8,19H,10-16H2;1H/q+1;/p-1. The van der Waals surface area contributed by atoms with E-state index in [-0.39, 0.29) is 23.6 Å². The zero-order valence-corrected chi connectivity index (χ0v) is 13.6. The number of rotatable bonds is 2. The molecule has 0 amide bonds. The maximum absolute atomic E-state index is 8.77. The minimum atomic E-state index is -0.0772. The van der Waals surface area contributed by atoms with Gasteiger partial charge in [0.2, 0.25) is 0 Å². The number of aliphatic hydroxyl groups is 1. The maximum atomic E-state index is 8.77. The van der Waals surface area contributed by atoms with Gasteiger partial charge in [-0.15, -0.1) is 0 Å². The van der Waals surface area contributed by atoms with Crippen LogP contribution in [0.15, 0.2) is 30.3 Å². The third-order valence-electron chi connectivity index (χ3n) is 3.46. The number of quaternary nitrogens is 1. The van der Waals surface area contributed by atoms with Gasteiger partial charge in [0.15, 0.2) is 0 Å². The summed E-state index contributed by atoms with van der Waals surface area (Å²) in [5.74, 6) is 12.3. The fourth-order valence-corrected chi connectivity index (χ4v) is 2.21. The van der Waals surface area contributed by atoms with Crippen LogP contribution in [0.25, 0.3) is 0 Å². The van der Waals surface area contributed by atoms with Crippen molar-refractivity contribution in [3.05, 3.63) is 35.9 Å². The van der Waals surface area contributed by atoms with E-state index in [1.165, 1.54) is 0 Å². The third-order valence-corrected chi connectivity index (χ3v) is 3.46. The highest BCUT2D eigenvalue weighted by Gasteiger charge is 2.28. The fraction of sp³-hybridized carbons (Fsp3) is 0.412. The topological polar surface area (TPSA) is 29.5 Å². The number of ether oxygens (including phenoxy) is 1. The number of aliphatic hydroxyl groups excluding tert-OH is 1. The van der Waals surface area contributed by atoms with Crippen molar-refractivity contribution >= 4 is 0 Å². The molecule has 1 heterocycles. The lowest BCUT2D eigenvalue weighted by Crippen LogP contribution is -3.00. The van der Waals surface area contributed by atoms with Gasteiger partial charge in [-0.3, -0.25) is 4.48 Å². The van der Waals surface area contributed by atoms with Crippen molar-refractivity contribution in [2.24, 2.45) is 0 Å². The van der Waals surface area contributed by atoms with Crippen LogP contribution in [0.1, 0.15) is 5.56 Å². The predicted octanol–water partition coefficient (Wildman–Crippen LogP) is -2.12. The van der Waals surface area contributed by atoms with E-state index < -0.39 is 0 Å². The number of morpholine rings is 1. The number of nitrogens with zero attached hydrogens (tertiary/aromatic N) is 1. The largest absolute Gasteiger partial charge is 1.00 e. The van der Waals surface area contributed by atoms with Crippen molar-refractivity contribution in [3.8, 4) is 23.7 Å². The monoisotopic (exact) mass is 349 g/mol. The van der Waals surface area contributed by atoms with Gasteiger partial charge in [0.25, 0.3) is 0 Å². The normalized spacial score (nSPS) is 15.7. The molecule has 0 radical (unpaired) electrons. The van der Waals surface area contributed by atoms with Gasteiger partial charge in [-0.1, -0.05) is 30.0 Å². The van der Waals surface area contributed by atoms with Crippen LogP contribution >= 0.6 is 0 Å². The number of halogens is 1. The molecule has 3 nitrogen and oxygen atoms in total. The summed E-state index contributed by atoms with van der Waals surface area (Å²) in [6.45, 7) is 4.81. The first-order valence-electron chi connectivity index (χ1n) is 6.88. The average molecular weight is 350 g/mol. The lowest BCUT2D eigenvalue weighted by Gasteiger charge is -2.38. The van der Waals surface area contributed by atoms with E-state index in [1.807, 2.05) is 30.3 Å². The van der Waals surface area contributed by atoms with Crippen molar-refractivity contribution in [2.75, 3.05) is 46.0 Å². The zero-order chi connectivity index (χ0) is 14.1. The molecule has 1 aliphatic rings. The Balaban J connectivity index is 0.00000220. The molecule has 0 saturated carbocycles. The van der Waals surface area contributed by atoms with E-state index in [0.717, 1.165) is 49.4 Å². The molecule has 0 bridgehead atoms. The maximum Gasteiger partial charge on any atom is 0.142 e. The van der Waals surface area contributed by atoms with E-state index in [2.05, 4.69) is 23.7 Å². The Morgan fingerprint density at radius 2 is 1.67 bits per heavy atom. The molecule has 4 heteroatoms. The van der Waals surface area contributed by atoms with Gasteiger partial charge in [-0.2, -0.15) is 0 Å². The second-order valence-corrected chi connectivity index (χ2v) is 4.90. The zero-order valence-electron chi connectivity index (χ0n) is 12.0. The van der Waals surface area contributed by atoms with E-state index in [4.69, 9.17) is 9.84 Å².